The van der Waals surface area contributed by atoms with Gasteiger partial charge in [-0.25, -0.2) is 4.79 Å². The quantitative estimate of drug-likeness (QED) is 0.456. The van der Waals surface area contributed by atoms with Gasteiger partial charge in [0.05, 0.1) is 30.6 Å². The highest BCUT2D eigenvalue weighted by molar-refractivity contribution is 5.94. The first-order valence-corrected chi connectivity index (χ1v) is 11.6. The van der Waals surface area contributed by atoms with Crippen molar-refractivity contribution in [3.63, 3.8) is 0 Å². The van der Waals surface area contributed by atoms with E-state index in [9.17, 15) is 9.59 Å². The SMILES string of the molecule is COc1ccc(-c2noc(CN3CCCC(C(=O)Nc4ccc5c(c4)n(C)c(=O)n5C)C3)n2)cc1. The van der Waals surface area contributed by atoms with Crippen LogP contribution in [0.15, 0.2) is 51.8 Å². The van der Waals surface area contributed by atoms with Crippen LogP contribution in [0, 0.1) is 5.92 Å². The molecule has 1 amide bonds. The number of rotatable bonds is 6. The average molecular weight is 477 g/mol. The minimum atomic E-state index is -0.150. The van der Waals surface area contributed by atoms with E-state index < -0.39 is 0 Å². The van der Waals surface area contributed by atoms with E-state index in [4.69, 9.17) is 9.26 Å². The molecule has 10 nitrogen and oxygen atoms in total. The van der Waals surface area contributed by atoms with Gasteiger partial charge >= 0.3 is 5.69 Å². The maximum absolute atomic E-state index is 13.0. The average Bonchev–Trinajstić information content (AvgIpc) is 3.43. The molecule has 5 rings (SSSR count). The van der Waals surface area contributed by atoms with Gasteiger partial charge in [0, 0.05) is 31.9 Å². The number of ether oxygens (including phenoxy) is 1. The number of imidazole rings is 1. The zero-order valence-electron chi connectivity index (χ0n) is 20.0. The van der Waals surface area contributed by atoms with Gasteiger partial charge in [0.1, 0.15) is 5.75 Å². The van der Waals surface area contributed by atoms with Crippen molar-refractivity contribution in [2.24, 2.45) is 20.0 Å². The lowest BCUT2D eigenvalue weighted by Gasteiger charge is -2.30. The standard InChI is InChI=1S/C25H28N6O4/c1-29-20-11-8-18(13-21(20)30(2)25(29)33)26-24(32)17-5-4-12-31(14-17)15-22-27-23(28-35-22)16-6-9-19(34-3)10-7-16/h6-11,13,17H,4-5,12,14-15H2,1-3H3,(H,26,32). The van der Waals surface area contributed by atoms with Crippen LogP contribution in [0.2, 0.25) is 0 Å². The van der Waals surface area contributed by atoms with Crippen molar-refractivity contribution in [3.05, 3.63) is 58.8 Å². The highest BCUT2D eigenvalue weighted by Crippen LogP contribution is 2.24. The number of hydrogen-bond acceptors (Lipinski definition) is 7. The van der Waals surface area contributed by atoms with E-state index >= 15 is 0 Å². The molecule has 0 saturated carbocycles. The number of amides is 1. The Labute approximate surface area is 202 Å². The number of carbonyl (C=O) groups is 1. The van der Waals surface area contributed by atoms with Gasteiger partial charge in [0.2, 0.25) is 17.6 Å². The summed E-state index contributed by atoms with van der Waals surface area (Å²) in [6.45, 7) is 1.96. The molecule has 2 aromatic heterocycles. The molecule has 0 aliphatic carbocycles. The summed E-state index contributed by atoms with van der Waals surface area (Å²) >= 11 is 0. The topological polar surface area (TPSA) is 107 Å². The first-order chi connectivity index (χ1) is 16.9. The van der Waals surface area contributed by atoms with E-state index in [1.807, 2.05) is 42.5 Å². The van der Waals surface area contributed by atoms with Crippen molar-refractivity contribution in [1.82, 2.24) is 24.2 Å². The first-order valence-electron chi connectivity index (χ1n) is 11.6. The second-order valence-electron chi connectivity index (χ2n) is 8.91. The van der Waals surface area contributed by atoms with Crippen LogP contribution in [0.25, 0.3) is 22.4 Å². The number of likely N-dealkylation sites (tertiary alicyclic amines) is 1. The molecule has 0 spiro atoms. The molecule has 1 saturated heterocycles. The number of anilines is 1. The number of nitrogens with zero attached hydrogens (tertiary/aromatic N) is 5. The maximum Gasteiger partial charge on any atom is 0.328 e. The van der Waals surface area contributed by atoms with E-state index in [2.05, 4.69) is 20.4 Å². The van der Waals surface area contributed by atoms with E-state index in [1.165, 1.54) is 0 Å². The summed E-state index contributed by atoms with van der Waals surface area (Å²) in [7, 11) is 5.09. The Balaban J connectivity index is 1.22. The number of nitrogens with one attached hydrogen (secondary N) is 1. The van der Waals surface area contributed by atoms with Crippen molar-refractivity contribution in [2.75, 3.05) is 25.5 Å². The number of fused-ring (bicyclic) bond motifs is 1. The summed E-state index contributed by atoms with van der Waals surface area (Å²) in [5.74, 6) is 1.64. The largest absolute Gasteiger partial charge is 0.497 e. The smallest absolute Gasteiger partial charge is 0.328 e. The molecule has 1 unspecified atom stereocenters. The zero-order valence-corrected chi connectivity index (χ0v) is 20.0. The molecule has 1 fully saturated rings. The van der Waals surface area contributed by atoms with E-state index in [-0.39, 0.29) is 17.5 Å². The number of methoxy groups -OCH3 is 1. The Kier molecular flexibility index (Phi) is 6.12. The molecular formula is C25H28N6O4. The van der Waals surface area contributed by atoms with Crippen LogP contribution in [0.3, 0.4) is 0 Å². The highest BCUT2D eigenvalue weighted by Gasteiger charge is 2.27. The molecule has 2 aromatic carbocycles. The van der Waals surface area contributed by atoms with Crippen molar-refractivity contribution < 1.29 is 14.1 Å². The summed E-state index contributed by atoms with van der Waals surface area (Å²) in [6.07, 6.45) is 1.72. The van der Waals surface area contributed by atoms with Crippen molar-refractivity contribution >= 4 is 22.6 Å². The van der Waals surface area contributed by atoms with Crippen LogP contribution in [0.5, 0.6) is 5.75 Å². The van der Waals surface area contributed by atoms with Gasteiger partial charge in [-0.3, -0.25) is 18.8 Å². The first kappa shape index (κ1) is 22.9. The van der Waals surface area contributed by atoms with Crippen LogP contribution in [-0.4, -0.2) is 50.3 Å². The molecule has 0 bridgehead atoms. The third-order valence-electron chi connectivity index (χ3n) is 6.59. The molecule has 1 atom stereocenters. The zero-order chi connectivity index (χ0) is 24.5. The molecule has 3 heterocycles. The Morgan fingerprint density at radius 1 is 1.14 bits per heavy atom. The number of benzene rings is 2. The van der Waals surface area contributed by atoms with Crippen LogP contribution in [0.4, 0.5) is 5.69 Å². The minimum Gasteiger partial charge on any atom is -0.497 e. The minimum absolute atomic E-state index is 0.0283. The monoisotopic (exact) mass is 476 g/mol. The van der Waals surface area contributed by atoms with E-state index in [0.717, 1.165) is 41.7 Å². The Hall–Kier alpha value is -3.92. The van der Waals surface area contributed by atoms with Crippen LogP contribution >= 0.6 is 0 Å². The van der Waals surface area contributed by atoms with Gasteiger partial charge in [-0.15, -0.1) is 0 Å². The number of hydrogen-bond donors (Lipinski definition) is 1. The number of carbonyl (C=O) groups excluding carboxylic acids is 1. The normalized spacial score (nSPS) is 16.5. The molecule has 10 heteroatoms. The van der Waals surface area contributed by atoms with Crippen LogP contribution in [0.1, 0.15) is 18.7 Å². The number of aryl methyl sites for hydroxylation is 2. The Bertz CT molecular complexity index is 1420. The third-order valence-corrected chi connectivity index (χ3v) is 6.59. The number of piperidine rings is 1. The van der Waals surface area contributed by atoms with Gasteiger partial charge in [-0.05, 0) is 61.9 Å². The fourth-order valence-electron chi connectivity index (χ4n) is 4.61. The fourth-order valence-corrected chi connectivity index (χ4v) is 4.61. The van der Waals surface area contributed by atoms with Crippen LogP contribution < -0.4 is 15.7 Å². The predicted molar refractivity (Wildman–Crippen MR) is 131 cm³/mol. The van der Waals surface area contributed by atoms with Gasteiger partial charge < -0.3 is 14.6 Å². The van der Waals surface area contributed by atoms with Crippen molar-refractivity contribution in [2.45, 2.75) is 19.4 Å². The lowest BCUT2D eigenvalue weighted by Crippen LogP contribution is -2.40. The molecule has 1 aliphatic rings. The second-order valence-corrected chi connectivity index (χ2v) is 8.91. The fraction of sp³-hybridized carbons (Fsp3) is 0.360. The number of aromatic nitrogens is 4. The van der Waals surface area contributed by atoms with Gasteiger partial charge in [-0.2, -0.15) is 4.98 Å². The van der Waals surface area contributed by atoms with Gasteiger partial charge in [0.15, 0.2) is 0 Å². The van der Waals surface area contributed by atoms with Gasteiger partial charge in [0.25, 0.3) is 0 Å². The molecule has 0 radical (unpaired) electrons. The lowest BCUT2D eigenvalue weighted by molar-refractivity contribution is -0.121. The van der Waals surface area contributed by atoms with E-state index in [0.29, 0.717) is 30.5 Å². The third kappa shape index (κ3) is 4.57. The Morgan fingerprint density at radius 2 is 1.91 bits per heavy atom. The van der Waals surface area contributed by atoms with Crippen molar-refractivity contribution in [1.29, 1.82) is 0 Å². The van der Waals surface area contributed by atoms with Gasteiger partial charge in [-0.1, -0.05) is 5.16 Å². The highest BCUT2D eigenvalue weighted by atomic mass is 16.5. The molecule has 1 aliphatic heterocycles. The predicted octanol–water partition coefficient (Wildman–Crippen LogP) is 2.79. The summed E-state index contributed by atoms with van der Waals surface area (Å²) in [4.78, 5) is 31.9. The van der Waals surface area contributed by atoms with E-state index in [1.54, 1.807) is 30.3 Å². The summed E-state index contributed by atoms with van der Waals surface area (Å²) in [5.41, 5.74) is 3.05. The summed E-state index contributed by atoms with van der Waals surface area (Å²) < 4.78 is 13.8. The second kappa shape index (κ2) is 9.38. The lowest BCUT2D eigenvalue weighted by atomic mass is 9.97. The van der Waals surface area contributed by atoms with Crippen molar-refractivity contribution in [3.8, 4) is 17.1 Å². The Morgan fingerprint density at radius 3 is 2.69 bits per heavy atom. The molecular weight excluding hydrogens is 448 g/mol. The summed E-state index contributed by atoms with van der Waals surface area (Å²) in [5, 5.41) is 7.13. The molecule has 1 N–H and O–H groups in total. The molecule has 35 heavy (non-hydrogen) atoms. The maximum atomic E-state index is 13.0. The summed E-state index contributed by atoms with van der Waals surface area (Å²) in [6, 6.07) is 13.0. The molecule has 4 aromatic rings. The van der Waals surface area contributed by atoms with Crippen LogP contribution in [-0.2, 0) is 25.4 Å². The molecule has 182 valence electrons.